The molecule has 106 valence electrons. The van der Waals surface area contributed by atoms with E-state index in [0.717, 1.165) is 29.2 Å². The zero-order valence-electron chi connectivity index (χ0n) is 11.4. The second-order valence-electron chi connectivity index (χ2n) is 4.53. The van der Waals surface area contributed by atoms with Crippen LogP contribution in [0, 0.1) is 5.82 Å². The molecule has 0 unspecified atom stereocenters. The Balaban J connectivity index is 1.99. The summed E-state index contributed by atoms with van der Waals surface area (Å²) in [4.78, 5) is 10.3. The van der Waals surface area contributed by atoms with Gasteiger partial charge in [-0.3, -0.25) is 0 Å². The van der Waals surface area contributed by atoms with Crippen molar-refractivity contribution in [3.05, 3.63) is 84.2 Å². The van der Waals surface area contributed by atoms with Crippen molar-refractivity contribution in [1.29, 1.82) is 0 Å². The lowest BCUT2D eigenvalue weighted by atomic mass is 10.0. The predicted molar refractivity (Wildman–Crippen MR) is 81.5 cm³/mol. The van der Waals surface area contributed by atoms with E-state index >= 15 is 0 Å². The molecule has 0 aliphatic heterocycles. The Morgan fingerprint density at radius 2 is 1.52 bits per heavy atom. The molecule has 21 heavy (non-hydrogen) atoms. The summed E-state index contributed by atoms with van der Waals surface area (Å²) in [5.41, 5.74) is 3.14. The molecule has 2 rings (SSSR count). The van der Waals surface area contributed by atoms with Gasteiger partial charge in [0.2, 0.25) is 0 Å². The molecule has 0 fully saturated rings. The van der Waals surface area contributed by atoms with Crippen LogP contribution in [-0.4, -0.2) is 11.1 Å². The van der Waals surface area contributed by atoms with Gasteiger partial charge >= 0.3 is 5.97 Å². The fraction of sp³-hybridized carbons (Fsp3) is 0.0556. The molecule has 2 aromatic carbocycles. The second-order valence-corrected chi connectivity index (χ2v) is 4.53. The van der Waals surface area contributed by atoms with Gasteiger partial charge in [-0.15, -0.1) is 0 Å². The standard InChI is InChI=1S/C18H15FO2/c19-17-12-10-16(11-13-17)15-8-6-14(7-9-15)4-2-1-3-5-18(20)21/h1-3,5-13H,4H2,(H,20,21)/b2-1+,5-3+. The van der Waals surface area contributed by atoms with Gasteiger partial charge in [-0.1, -0.05) is 54.6 Å². The van der Waals surface area contributed by atoms with Gasteiger partial charge in [0.05, 0.1) is 0 Å². The van der Waals surface area contributed by atoms with Crippen molar-refractivity contribution in [2.24, 2.45) is 0 Å². The molecule has 0 aromatic heterocycles. The van der Waals surface area contributed by atoms with Gasteiger partial charge in [0.25, 0.3) is 0 Å². The molecular weight excluding hydrogens is 267 g/mol. The van der Waals surface area contributed by atoms with E-state index in [9.17, 15) is 9.18 Å². The Morgan fingerprint density at radius 3 is 2.10 bits per heavy atom. The number of carbonyl (C=O) groups is 1. The van der Waals surface area contributed by atoms with Crippen molar-refractivity contribution < 1.29 is 14.3 Å². The Bertz CT molecular complexity index is 653. The molecule has 2 aromatic rings. The molecule has 0 spiro atoms. The lowest BCUT2D eigenvalue weighted by Crippen LogP contribution is -1.85. The van der Waals surface area contributed by atoms with Crippen molar-refractivity contribution in [1.82, 2.24) is 0 Å². The fourth-order valence-electron chi connectivity index (χ4n) is 1.90. The maximum atomic E-state index is 12.9. The number of hydrogen-bond acceptors (Lipinski definition) is 1. The summed E-state index contributed by atoms with van der Waals surface area (Å²) in [7, 11) is 0. The molecule has 0 atom stereocenters. The van der Waals surface area contributed by atoms with E-state index < -0.39 is 5.97 Å². The quantitative estimate of drug-likeness (QED) is 0.658. The van der Waals surface area contributed by atoms with E-state index in [1.807, 2.05) is 30.3 Å². The van der Waals surface area contributed by atoms with E-state index in [0.29, 0.717) is 0 Å². The smallest absolute Gasteiger partial charge is 0.328 e. The summed E-state index contributed by atoms with van der Waals surface area (Å²) >= 11 is 0. The highest BCUT2D eigenvalue weighted by Crippen LogP contribution is 2.20. The summed E-state index contributed by atoms with van der Waals surface area (Å²) < 4.78 is 12.9. The third-order valence-electron chi connectivity index (χ3n) is 2.97. The zero-order chi connectivity index (χ0) is 15.1. The van der Waals surface area contributed by atoms with E-state index in [1.54, 1.807) is 18.2 Å². The van der Waals surface area contributed by atoms with Crippen LogP contribution in [0.4, 0.5) is 4.39 Å². The minimum Gasteiger partial charge on any atom is -0.478 e. The Labute approximate surface area is 122 Å². The van der Waals surface area contributed by atoms with Gasteiger partial charge in [0, 0.05) is 6.08 Å². The average molecular weight is 282 g/mol. The Kier molecular flexibility index (Phi) is 5.04. The molecule has 2 nitrogen and oxygen atoms in total. The van der Waals surface area contributed by atoms with Gasteiger partial charge < -0.3 is 5.11 Å². The van der Waals surface area contributed by atoms with Crippen LogP contribution in [0.2, 0.25) is 0 Å². The summed E-state index contributed by atoms with van der Waals surface area (Å²) in [6.45, 7) is 0. The molecular formula is C18H15FO2. The number of carboxylic acids is 1. The average Bonchev–Trinajstić information content (AvgIpc) is 2.48. The molecule has 0 bridgehead atoms. The Morgan fingerprint density at radius 1 is 0.952 bits per heavy atom. The molecule has 0 aliphatic carbocycles. The van der Waals surface area contributed by atoms with Crippen molar-refractivity contribution in [2.75, 3.05) is 0 Å². The van der Waals surface area contributed by atoms with Crippen LogP contribution in [-0.2, 0) is 11.2 Å². The molecule has 0 amide bonds. The number of aliphatic carboxylic acids is 1. The van der Waals surface area contributed by atoms with Crippen molar-refractivity contribution in [3.8, 4) is 11.1 Å². The maximum Gasteiger partial charge on any atom is 0.328 e. The largest absolute Gasteiger partial charge is 0.478 e. The van der Waals surface area contributed by atoms with Gasteiger partial charge in [0.1, 0.15) is 5.82 Å². The second kappa shape index (κ2) is 7.20. The number of halogens is 1. The number of hydrogen-bond donors (Lipinski definition) is 1. The highest BCUT2D eigenvalue weighted by molar-refractivity contribution is 5.80. The monoisotopic (exact) mass is 282 g/mol. The first-order valence-electron chi connectivity index (χ1n) is 6.56. The van der Waals surface area contributed by atoms with E-state index in [1.165, 1.54) is 18.2 Å². The van der Waals surface area contributed by atoms with E-state index in [-0.39, 0.29) is 5.82 Å². The fourth-order valence-corrected chi connectivity index (χ4v) is 1.90. The van der Waals surface area contributed by atoms with E-state index in [4.69, 9.17) is 5.11 Å². The number of carboxylic acid groups (broad SMARTS) is 1. The number of allylic oxidation sites excluding steroid dienone is 3. The molecule has 0 saturated carbocycles. The Hall–Kier alpha value is -2.68. The van der Waals surface area contributed by atoms with Crippen LogP contribution in [0.25, 0.3) is 11.1 Å². The van der Waals surface area contributed by atoms with Gasteiger partial charge in [-0.25, -0.2) is 9.18 Å². The summed E-state index contributed by atoms with van der Waals surface area (Å²) in [6, 6.07) is 14.4. The molecule has 0 aliphatic rings. The predicted octanol–water partition coefficient (Wildman–Crippen LogP) is 4.23. The van der Waals surface area contributed by atoms with Crippen molar-refractivity contribution >= 4 is 5.97 Å². The van der Waals surface area contributed by atoms with Crippen LogP contribution in [0.5, 0.6) is 0 Å². The first-order chi connectivity index (χ1) is 10.1. The molecule has 1 N–H and O–H groups in total. The number of benzene rings is 2. The van der Waals surface area contributed by atoms with Crippen LogP contribution in [0.3, 0.4) is 0 Å². The molecule has 0 radical (unpaired) electrons. The van der Waals surface area contributed by atoms with Crippen LogP contribution in [0.1, 0.15) is 5.56 Å². The summed E-state index contributed by atoms with van der Waals surface area (Å²) in [5.74, 6) is -1.20. The van der Waals surface area contributed by atoms with Crippen molar-refractivity contribution in [3.63, 3.8) is 0 Å². The lowest BCUT2D eigenvalue weighted by Gasteiger charge is -2.03. The third-order valence-corrected chi connectivity index (χ3v) is 2.97. The highest BCUT2D eigenvalue weighted by Gasteiger charge is 1.98. The zero-order valence-corrected chi connectivity index (χ0v) is 11.4. The third kappa shape index (κ3) is 4.73. The van der Waals surface area contributed by atoms with Crippen LogP contribution < -0.4 is 0 Å². The van der Waals surface area contributed by atoms with E-state index in [2.05, 4.69) is 0 Å². The van der Waals surface area contributed by atoms with Crippen LogP contribution >= 0.6 is 0 Å². The normalized spacial score (nSPS) is 11.3. The van der Waals surface area contributed by atoms with Gasteiger partial charge in [0.15, 0.2) is 0 Å². The number of rotatable bonds is 5. The molecule has 3 heteroatoms. The lowest BCUT2D eigenvalue weighted by molar-refractivity contribution is -0.131. The molecule has 0 heterocycles. The van der Waals surface area contributed by atoms with Crippen LogP contribution in [0.15, 0.2) is 72.8 Å². The first kappa shape index (κ1) is 14.7. The summed E-state index contributed by atoms with van der Waals surface area (Å²) in [5, 5.41) is 8.44. The minimum atomic E-state index is -0.955. The molecule has 0 saturated heterocycles. The highest BCUT2D eigenvalue weighted by atomic mass is 19.1. The minimum absolute atomic E-state index is 0.241. The van der Waals surface area contributed by atoms with Gasteiger partial charge in [-0.2, -0.15) is 0 Å². The SMILES string of the molecule is O=C(O)/C=C/C=C/Cc1ccc(-c2ccc(F)cc2)cc1. The van der Waals surface area contributed by atoms with Gasteiger partial charge in [-0.05, 0) is 35.2 Å². The van der Waals surface area contributed by atoms with Crippen molar-refractivity contribution in [2.45, 2.75) is 6.42 Å². The summed E-state index contributed by atoms with van der Waals surface area (Å²) in [6.07, 6.45) is 6.92. The topological polar surface area (TPSA) is 37.3 Å². The first-order valence-corrected chi connectivity index (χ1v) is 6.56. The maximum absolute atomic E-state index is 12.9.